The SMILES string of the molecule is Cc1ccccc1NC(=O)CSCCOCCN. The van der Waals surface area contributed by atoms with Crippen LogP contribution in [0.4, 0.5) is 5.69 Å². The number of amides is 1. The fourth-order valence-electron chi connectivity index (χ4n) is 1.37. The normalized spacial score (nSPS) is 10.3. The maximum atomic E-state index is 11.7. The zero-order valence-corrected chi connectivity index (χ0v) is 11.5. The van der Waals surface area contributed by atoms with Gasteiger partial charge in [-0.2, -0.15) is 0 Å². The molecule has 18 heavy (non-hydrogen) atoms. The Labute approximate surface area is 112 Å². The standard InChI is InChI=1S/C13H20N2O2S/c1-11-4-2-3-5-12(11)15-13(16)10-18-9-8-17-7-6-14/h2-5H,6-10,14H2,1H3,(H,15,16). The summed E-state index contributed by atoms with van der Waals surface area (Å²) in [6.07, 6.45) is 0. The number of ether oxygens (including phenoxy) is 1. The van der Waals surface area contributed by atoms with E-state index < -0.39 is 0 Å². The maximum Gasteiger partial charge on any atom is 0.234 e. The summed E-state index contributed by atoms with van der Waals surface area (Å²) in [4.78, 5) is 11.7. The van der Waals surface area contributed by atoms with E-state index in [4.69, 9.17) is 10.5 Å². The molecular weight excluding hydrogens is 248 g/mol. The molecule has 5 heteroatoms. The number of nitrogens with one attached hydrogen (secondary N) is 1. The van der Waals surface area contributed by atoms with Gasteiger partial charge in [0, 0.05) is 18.0 Å². The Balaban J connectivity index is 2.16. The second kappa shape index (κ2) is 8.97. The second-order valence-electron chi connectivity index (χ2n) is 3.82. The van der Waals surface area contributed by atoms with E-state index in [0.717, 1.165) is 17.0 Å². The van der Waals surface area contributed by atoms with Gasteiger partial charge in [0.05, 0.1) is 19.0 Å². The highest BCUT2D eigenvalue weighted by Gasteiger charge is 2.03. The molecule has 0 heterocycles. The van der Waals surface area contributed by atoms with Gasteiger partial charge in [-0.05, 0) is 18.6 Å². The molecule has 0 aliphatic rings. The zero-order chi connectivity index (χ0) is 13.2. The Hall–Kier alpha value is -1.04. The zero-order valence-electron chi connectivity index (χ0n) is 10.6. The molecule has 0 aliphatic carbocycles. The predicted molar refractivity (Wildman–Crippen MR) is 77.0 cm³/mol. The fraction of sp³-hybridized carbons (Fsp3) is 0.462. The fourth-order valence-corrected chi connectivity index (χ4v) is 2.01. The Morgan fingerprint density at radius 3 is 2.89 bits per heavy atom. The van der Waals surface area contributed by atoms with E-state index in [1.807, 2.05) is 31.2 Å². The average molecular weight is 268 g/mol. The summed E-state index contributed by atoms with van der Waals surface area (Å²) in [5.74, 6) is 1.27. The predicted octanol–water partition coefficient (Wildman–Crippen LogP) is 1.64. The van der Waals surface area contributed by atoms with E-state index in [0.29, 0.717) is 25.5 Å². The first kappa shape index (κ1) is 15.0. The van der Waals surface area contributed by atoms with Crippen molar-refractivity contribution in [3.63, 3.8) is 0 Å². The molecule has 100 valence electrons. The minimum Gasteiger partial charge on any atom is -0.379 e. The van der Waals surface area contributed by atoms with E-state index in [1.165, 1.54) is 0 Å². The molecule has 1 aromatic rings. The first-order chi connectivity index (χ1) is 8.74. The number of rotatable bonds is 8. The Morgan fingerprint density at radius 2 is 2.17 bits per heavy atom. The number of aryl methyl sites for hydroxylation is 1. The van der Waals surface area contributed by atoms with Crippen LogP contribution in [-0.4, -0.2) is 37.2 Å². The Kier molecular flexibility index (Phi) is 7.48. The minimum absolute atomic E-state index is 0.0214. The van der Waals surface area contributed by atoms with Gasteiger partial charge in [-0.1, -0.05) is 18.2 Å². The van der Waals surface area contributed by atoms with E-state index in [-0.39, 0.29) is 5.91 Å². The van der Waals surface area contributed by atoms with Gasteiger partial charge in [0.1, 0.15) is 0 Å². The van der Waals surface area contributed by atoms with Crippen LogP contribution in [0, 0.1) is 6.92 Å². The molecule has 0 bridgehead atoms. The lowest BCUT2D eigenvalue weighted by Crippen LogP contribution is -2.16. The summed E-state index contributed by atoms with van der Waals surface area (Å²) in [5, 5.41) is 2.89. The second-order valence-corrected chi connectivity index (χ2v) is 4.92. The van der Waals surface area contributed by atoms with Crippen molar-refractivity contribution in [2.24, 2.45) is 5.73 Å². The smallest absolute Gasteiger partial charge is 0.234 e. The lowest BCUT2D eigenvalue weighted by atomic mass is 10.2. The number of para-hydroxylation sites is 1. The highest BCUT2D eigenvalue weighted by atomic mass is 32.2. The summed E-state index contributed by atoms with van der Waals surface area (Å²) in [6, 6.07) is 7.75. The summed E-state index contributed by atoms with van der Waals surface area (Å²) in [7, 11) is 0. The van der Waals surface area contributed by atoms with E-state index in [2.05, 4.69) is 5.32 Å². The van der Waals surface area contributed by atoms with E-state index >= 15 is 0 Å². The Bertz CT molecular complexity index is 372. The van der Waals surface area contributed by atoms with E-state index in [9.17, 15) is 4.79 Å². The molecule has 1 amide bonds. The third kappa shape index (κ3) is 6.05. The van der Waals surface area contributed by atoms with Gasteiger partial charge in [0.2, 0.25) is 5.91 Å². The van der Waals surface area contributed by atoms with Crippen molar-refractivity contribution < 1.29 is 9.53 Å². The Morgan fingerprint density at radius 1 is 1.39 bits per heavy atom. The van der Waals surface area contributed by atoms with Gasteiger partial charge in [-0.15, -0.1) is 11.8 Å². The highest BCUT2D eigenvalue weighted by Crippen LogP contribution is 2.13. The monoisotopic (exact) mass is 268 g/mol. The van der Waals surface area contributed by atoms with Crippen molar-refractivity contribution >= 4 is 23.4 Å². The molecule has 0 fully saturated rings. The summed E-state index contributed by atoms with van der Waals surface area (Å²) in [5.41, 5.74) is 7.24. The van der Waals surface area contributed by atoms with Gasteiger partial charge in [-0.25, -0.2) is 0 Å². The molecule has 4 nitrogen and oxygen atoms in total. The molecular formula is C13H20N2O2S. The van der Waals surface area contributed by atoms with Crippen LogP contribution in [0.15, 0.2) is 24.3 Å². The van der Waals surface area contributed by atoms with Gasteiger partial charge in [-0.3, -0.25) is 4.79 Å². The van der Waals surface area contributed by atoms with Crippen LogP contribution in [0.2, 0.25) is 0 Å². The average Bonchev–Trinajstić information content (AvgIpc) is 2.36. The summed E-state index contributed by atoms with van der Waals surface area (Å²) < 4.78 is 5.22. The van der Waals surface area contributed by atoms with E-state index in [1.54, 1.807) is 11.8 Å². The topological polar surface area (TPSA) is 64.3 Å². The quantitative estimate of drug-likeness (QED) is 0.704. The van der Waals surface area contributed by atoms with Crippen LogP contribution in [0.5, 0.6) is 0 Å². The van der Waals surface area contributed by atoms with Gasteiger partial charge in [0.25, 0.3) is 0 Å². The molecule has 0 spiro atoms. The summed E-state index contributed by atoms with van der Waals surface area (Å²) >= 11 is 1.56. The van der Waals surface area contributed by atoms with Crippen LogP contribution < -0.4 is 11.1 Å². The van der Waals surface area contributed by atoms with Gasteiger partial charge < -0.3 is 15.8 Å². The van der Waals surface area contributed by atoms with Crippen molar-refractivity contribution in [1.82, 2.24) is 0 Å². The highest BCUT2D eigenvalue weighted by molar-refractivity contribution is 7.99. The number of hydrogen-bond donors (Lipinski definition) is 2. The van der Waals surface area contributed by atoms with Crippen molar-refractivity contribution in [1.29, 1.82) is 0 Å². The molecule has 3 N–H and O–H groups in total. The number of hydrogen-bond acceptors (Lipinski definition) is 4. The number of benzene rings is 1. The molecule has 0 aromatic heterocycles. The third-order valence-corrected chi connectivity index (χ3v) is 3.21. The molecule has 0 saturated carbocycles. The molecule has 0 aliphatic heterocycles. The number of nitrogens with two attached hydrogens (primary N) is 1. The molecule has 0 unspecified atom stereocenters. The largest absolute Gasteiger partial charge is 0.379 e. The van der Waals surface area contributed by atoms with Crippen molar-refractivity contribution in [2.75, 3.05) is 36.6 Å². The van der Waals surface area contributed by atoms with Crippen molar-refractivity contribution in [3.05, 3.63) is 29.8 Å². The first-order valence-corrected chi connectivity index (χ1v) is 7.10. The van der Waals surface area contributed by atoms with Crippen LogP contribution >= 0.6 is 11.8 Å². The minimum atomic E-state index is 0.0214. The number of carbonyl (C=O) groups is 1. The van der Waals surface area contributed by atoms with Crippen LogP contribution in [-0.2, 0) is 9.53 Å². The molecule has 1 aromatic carbocycles. The molecule has 1 rings (SSSR count). The maximum absolute atomic E-state index is 11.7. The summed E-state index contributed by atoms with van der Waals surface area (Å²) in [6.45, 7) is 3.73. The van der Waals surface area contributed by atoms with Gasteiger partial charge in [0.15, 0.2) is 0 Å². The van der Waals surface area contributed by atoms with Crippen LogP contribution in [0.25, 0.3) is 0 Å². The molecule has 0 atom stereocenters. The van der Waals surface area contributed by atoms with Crippen LogP contribution in [0.3, 0.4) is 0 Å². The first-order valence-electron chi connectivity index (χ1n) is 5.95. The molecule has 0 saturated heterocycles. The third-order valence-electron chi connectivity index (χ3n) is 2.29. The lowest BCUT2D eigenvalue weighted by Gasteiger charge is -2.07. The molecule has 0 radical (unpaired) electrons. The van der Waals surface area contributed by atoms with Crippen molar-refractivity contribution in [3.8, 4) is 0 Å². The van der Waals surface area contributed by atoms with Crippen molar-refractivity contribution in [2.45, 2.75) is 6.92 Å². The van der Waals surface area contributed by atoms with Crippen LogP contribution in [0.1, 0.15) is 5.56 Å². The lowest BCUT2D eigenvalue weighted by molar-refractivity contribution is -0.113. The number of carbonyl (C=O) groups excluding carboxylic acids is 1. The van der Waals surface area contributed by atoms with Gasteiger partial charge >= 0.3 is 0 Å². The number of anilines is 1. The number of thioether (sulfide) groups is 1.